The van der Waals surface area contributed by atoms with Crippen molar-refractivity contribution in [2.24, 2.45) is 0 Å². The van der Waals surface area contributed by atoms with Gasteiger partial charge in [-0.05, 0) is 35.8 Å². The molecule has 0 unspecified atom stereocenters. The normalized spacial score (nSPS) is 10.8. The Hall–Kier alpha value is -3.30. The van der Waals surface area contributed by atoms with Crippen molar-refractivity contribution < 1.29 is 19.0 Å². The summed E-state index contributed by atoms with van der Waals surface area (Å²) in [6.45, 7) is 1.41. The van der Waals surface area contributed by atoms with Gasteiger partial charge >= 0.3 is 0 Å². The first-order valence-corrected chi connectivity index (χ1v) is 8.91. The van der Waals surface area contributed by atoms with Gasteiger partial charge in [0.2, 0.25) is 0 Å². The molecule has 0 bridgehead atoms. The van der Waals surface area contributed by atoms with E-state index >= 15 is 0 Å². The van der Waals surface area contributed by atoms with E-state index in [-0.39, 0.29) is 5.57 Å². The zero-order valence-corrected chi connectivity index (χ0v) is 16.1. The van der Waals surface area contributed by atoms with E-state index in [0.29, 0.717) is 43.2 Å². The second-order valence-corrected chi connectivity index (χ2v) is 5.96. The summed E-state index contributed by atoms with van der Waals surface area (Å²) in [5, 5.41) is 12.0. The Bertz CT molecular complexity index is 841. The number of carbonyl (C=O) groups is 1. The lowest BCUT2D eigenvalue weighted by Crippen LogP contribution is -2.26. The topological polar surface area (TPSA) is 80.6 Å². The minimum Gasteiger partial charge on any atom is -0.493 e. The second kappa shape index (κ2) is 11.4. The van der Waals surface area contributed by atoms with Crippen LogP contribution in [-0.2, 0) is 16.1 Å². The number of hydrogen-bond donors (Lipinski definition) is 1. The fourth-order valence-corrected chi connectivity index (χ4v) is 2.46. The molecular weight excluding hydrogens is 356 g/mol. The van der Waals surface area contributed by atoms with Crippen molar-refractivity contribution in [2.45, 2.75) is 13.0 Å². The summed E-state index contributed by atoms with van der Waals surface area (Å²) in [6, 6.07) is 17.0. The Morgan fingerprint density at radius 1 is 1.14 bits per heavy atom. The third kappa shape index (κ3) is 6.45. The highest BCUT2D eigenvalue weighted by atomic mass is 16.5. The van der Waals surface area contributed by atoms with Crippen molar-refractivity contribution in [3.05, 3.63) is 65.2 Å². The third-order valence-electron chi connectivity index (χ3n) is 3.91. The first kappa shape index (κ1) is 21.0. The molecule has 0 fully saturated rings. The fraction of sp³-hybridized carbons (Fsp3) is 0.273. The van der Waals surface area contributed by atoms with E-state index in [4.69, 9.17) is 14.2 Å². The minimum atomic E-state index is -0.415. The second-order valence-electron chi connectivity index (χ2n) is 5.96. The van der Waals surface area contributed by atoms with Gasteiger partial charge < -0.3 is 19.5 Å². The number of methoxy groups -OCH3 is 2. The highest BCUT2D eigenvalue weighted by Crippen LogP contribution is 2.29. The zero-order valence-electron chi connectivity index (χ0n) is 16.1. The first-order valence-electron chi connectivity index (χ1n) is 8.91. The number of rotatable bonds is 10. The van der Waals surface area contributed by atoms with Gasteiger partial charge in [-0.15, -0.1) is 0 Å². The van der Waals surface area contributed by atoms with Crippen LogP contribution in [0.5, 0.6) is 11.5 Å². The summed E-state index contributed by atoms with van der Waals surface area (Å²) < 4.78 is 16.1. The van der Waals surface area contributed by atoms with Gasteiger partial charge in [0.05, 0.1) is 7.11 Å². The number of carbonyl (C=O) groups excluding carboxylic acids is 1. The quantitative estimate of drug-likeness (QED) is 0.388. The van der Waals surface area contributed by atoms with E-state index in [2.05, 4.69) is 5.32 Å². The van der Waals surface area contributed by atoms with Crippen LogP contribution in [-0.4, -0.2) is 33.3 Å². The number of benzene rings is 2. The van der Waals surface area contributed by atoms with E-state index in [0.717, 1.165) is 5.56 Å². The van der Waals surface area contributed by atoms with Gasteiger partial charge in [0.25, 0.3) is 5.91 Å². The van der Waals surface area contributed by atoms with Gasteiger partial charge in [0, 0.05) is 20.3 Å². The average molecular weight is 380 g/mol. The summed E-state index contributed by atoms with van der Waals surface area (Å²) in [5.41, 5.74) is 1.75. The maximum Gasteiger partial charge on any atom is 0.261 e. The van der Waals surface area contributed by atoms with E-state index in [1.54, 1.807) is 32.4 Å². The van der Waals surface area contributed by atoms with Gasteiger partial charge in [-0.25, -0.2) is 0 Å². The molecule has 0 atom stereocenters. The largest absolute Gasteiger partial charge is 0.493 e. The molecule has 28 heavy (non-hydrogen) atoms. The van der Waals surface area contributed by atoms with Gasteiger partial charge in [0.15, 0.2) is 11.5 Å². The Morgan fingerprint density at radius 2 is 1.93 bits per heavy atom. The molecule has 0 saturated heterocycles. The Balaban J connectivity index is 2.07. The Labute approximate surface area is 165 Å². The lowest BCUT2D eigenvalue weighted by atomic mass is 10.1. The smallest absolute Gasteiger partial charge is 0.261 e. The van der Waals surface area contributed by atoms with Crippen molar-refractivity contribution in [3.63, 3.8) is 0 Å². The Morgan fingerprint density at radius 3 is 2.61 bits per heavy atom. The SMILES string of the molecule is COCCCNC(=O)C(C#N)=Cc1ccc(OCc2ccccc2)c(OC)c1. The number of hydrogen-bond acceptors (Lipinski definition) is 5. The molecule has 1 amide bonds. The van der Waals surface area contributed by atoms with Crippen molar-refractivity contribution in [1.82, 2.24) is 5.32 Å². The first-order chi connectivity index (χ1) is 13.7. The molecule has 0 saturated carbocycles. The molecule has 6 heteroatoms. The van der Waals surface area contributed by atoms with Crippen LogP contribution in [0.2, 0.25) is 0 Å². The molecule has 0 aliphatic carbocycles. The lowest BCUT2D eigenvalue weighted by Gasteiger charge is -2.11. The van der Waals surface area contributed by atoms with E-state index in [1.807, 2.05) is 36.4 Å². The summed E-state index contributed by atoms with van der Waals surface area (Å²) in [4.78, 5) is 12.1. The van der Waals surface area contributed by atoms with Gasteiger partial charge in [-0.2, -0.15) is 5.26 Å². The molecule has 0 radical (unpaired) electrons. The van der Waals surface area contributed by atoms with Crippen molar-refractivity contribution >= 4 is 12.0 Å². The van der Waals surface area contributed by atoms with Crippen LogP contribution < -0.4 is 14.8 Å². The van der Waals surface area contributed by atoms with Gasteiger partial charge in [0.1, 0.15) is 18.2 Å². The van der Waals surface area contributed by atoms with Crippen LogP contribution in [0.1, 0.15) is 17.5 Å². The highest BCUT2D eigenvalue weighted by Gasteiger charge is 2.10. The molecule has 0 aliphatic heterocycles. The van der Waals surface area contributed by atoms with Crippen molar-refractivity contribution in [1.29, 1.82) is 5.26 Å². The third-order valence-corrected chi connectivity index (χ3v) is 3.91. The highest BCUT2D eigenvalue weighted by molar-refractivity contribution is 6.01. The molecule has 0 aliphatic rings. The van der Waals surface area contributed by atoms with Crippen LogP contribution in [0, 0.1) is 11.3 Å². The molecule has 1 N–H and O–H groups in total. The maximum absolute atomic E-state index is 12.1. The maximum atomic E-state index is 12.1. The molecule has 146 valence electrons. The van der Waals surface area contributed by atoms with Crippen LogP contribution in [0.15, 0.2) is 54.1 Å². The molecule has 2 aromatic rings. The predicted octanol–water partition coefficient (Wildman–Crippen LogP) is 3.33. The summed E-state index contributed by atoms with van der Waals surface area (Å²) >= 11 is 0. The number of nitrogens with zero attached hydrogens (tertiary/aromatic N) is 1. The average Bonchev–Trinajstić information content (AvgIpc) is 2.74. The van der Waals surface area contributed by atoms with Gasteiger partial charge in [-0.1, -0.05) is 36.4 Å². The standard InChI is InChI=1S/C22H24N2O4/c1-26-12-6-11-24-22(25)19(15-23)13-18-9-10-20(21(14-18)27-2)28-16-17-7-4-3-5-8-17/h3-5,7-10,13-14H,6,11-12,16H2,1-2H3,(H,24,25). The lowest BCUT2D eigenvalue weighted by molar-refractivity contribution is -0.117. The van der Waals surface area contributed by atoms with E-state index in [9.17, 15) is 10.1 Å². The molecule has 0 heterocycles. The molecule has 0 spiro atoms. The summed E-state index contributed by atoms with van der Waals surface area (Å²) in [5.74, 6) is 0.704. The van der Waals surface area contributed by atoms with E-state index < -0.39 is 5.91 Å². The van der Waals surface area contributed by atoms with Crippen LogP contribution >= 0.6 is 0 Å². The number of ether oxygens (including phenoxy) is 3. The molecule has 6 nitrogen and oxygen atoms in total. The number of nitrogens with one attached hydrogen (secondary N) is 1. The van der Waals surface area contributed by atoms with Crippen molar-refractivity contribution in [3.8, 4) is 17.6 Å². The summed E-state index contributed by atoms with van der Waals surface area (Å²) in [7, 11) is 3.15. The van der Waals surface area contributed by atoms with Crippen LogP contribution in [0.3, 0.4) is 0 Å². The predicted molar refractivity (Wildman–Crippen MR) is 107 cm³/mol. The zero-order chi connectivity index (χ0) is 20.2. The number of nitriles is 1. The van der Waals surface area contributed by atoms with E-state index in [1.165, 1.54) is 6.08 Å². The van der Waals surface area contributed by atoms with Gasteiger partial charge in [-0.3, -0.25) is 4.79 Å². The van der Waals surface area contributed by atoms with Crippen LogP contribution in [0.4, 0.5) is 0 Å². The monoisotopic (exact) mass is 380 g/mol. The molecular formula is C22H24N2O4. The minimum absolute atomic E-state index is 0.0254. The number of amides is 1. The summed E-state index contributed by atoms with van der Waals surface area (Å²) in [6.07, 6.45) is 2.21. The molecule has 0 aromatic heterocycles. The Kier molecular flexibility index (Phi) is 8.57. The van der Waals surface area contributed by atoms with Crippen LogP contribution in [0.25, 0.3) is 6.08 Å². The molecule has 2 aromatic carbocycles. The fourth-order valence-electron chi connectivity index (χ4n) is 2.46. The molecule has 2 rings (SSSR count). The van der Waals surface area contributed by atoms with Crippen molar-refractivity contribution in [2.75, 3.05) is 27.4 Å².